The van der Waals surface area contributed by atoms with E-state index in [1.807, 2.05) is 17.7 Å². The van der Waals surface area contributed by atoms with Gasteiger partial charge in [-0.05, 0) is 29.3 Å². The number of fused-ring (bicyclic) bond motifs is 1. The summed E-state index contributed by atoms with van der Waals surface area (Å²) in [6, 6.07) is 3.32. The molecule has 74 valence electrons. The number of hydrogen-bond donors (Lipinski definition) is 1. The van der Waals surface area contributed by atoms with E-state index in [0.717, 1.165) is 10.1 Å². The largest absolute Gasteiger partial charge is 0.392 e. The van der Waals surface area contributed by atoms with Crippen LogP contribution in [-0.2, 0) is 6.61 Å². The third-order valence-electron chi connectivity index (χ3n) is 2.09. The maximum atomic E-state index is 13.5. The predicted molar refractivity (Wildman–Crippen MR) is 59.5 cm³/mol. The van der Waals surface area contributed by atoms with Crippen molar-refractivity contribution in [3.05, 3.63) is 28.9 Å². The van der Waals surface area contributed by atoms with E-state index in [9.17, 15) is 4.39 Å². The number of hydrogen-bond acceptors (Lipinski definition) is 3. The Morgan fingerprint density at radius 1 is 1.57 bits per heavy atom. The molecule has 0 aliphatic rings. The summed E-state index contributed by atoms with van der Waals surface area (Å²) in [6.07, 6.45) is 1.86. The van der Waals surface area contributed by atoms with Crippen molar-refractivity contribution >= 4 is 33.2 Å². The molecule has 0 atom stereocenters. The molecule has 0 spiro atoms. The molecule has 0 fully saturated rings. The average Bonchev–Trinajstić information content (AvgIpc) is 2.65. The number of rotatable bonds is 2. The van der Waals surface area contributed by atoms with Crippen LogP contribution in [0.4, 0.5) is 4.39 Å². The first-order chi connectivity index (χ1) is 6.77. The minimum absolute atomic E-state index is 0.109. The second-order valence-electron chi connectivity index (χ2n) is 2.87. The van der Waals surface area contributed by atoms with Gasteiger partial charge in [0.1, 0.15) is 5.82 Å². The second-order valence-corrected chi connectivity index (χ2v) is 4.60. The number of halogens is 1. The molecule has 0 unspecified atom stereocenters. The molecule has 4 heteroatoms. The van der Waals surface area contributed by atoms with Gasteiger partial charge in [-0.25, -0.2) is 4.39 Å². The summed E-state index contributed by atoms with van der Waals surface area (Å²) in [6.45, 7) is -0.109. The second kappa shape index (κ2) is 3.88. The van der Waals surface area contributed by atoms with Crippen LogP contribution in [0.2, 0.25) is 0 Å². The number of aliphatic hydroxyl groups excluding tert-OH is 1. The molecular formula is C10H9FOS2. The van der Waals surface area contributed by atoms with Crippen molar-refractivity contribution in [2.45, 2.75) is 11.5 Å². The summed E-state index contributed by atoms with van der Waals surface area (Å²) in [4.78, 5) is 0.665. The highest BCUT2D eigenvalue weighted by molar-refractivity contribution is 7.98. The van der Waals surface area contributed by atoms with Crippen molar-refractivity contribution in [3.8, 4) is 0 Å². The van der Waals surface area contributed by atoms with Crippen molar-refractivity contribution in [1.82, 2.24) is 0 Å². The maximum absolute atomic E-state index is 13.5. The van der Waals surface area contributed by atoms with Gasteiger partial charge in [0.05, 0.1) is 11.5 Å². The standard InChI is InChI=1S/C10H9FOS2/c1-13-10-7-2-3-14-9(7)6(5-12)4-8(10)11/h2-4,12H,5H2,1H3. The zero-order valence-corrected chi connectivity index (χ0v) is 9.21. The lowest BCUT2D eigenvalue weighted by atomic mass is 10.1. The first-order valence-corrected chi connectivity index (χ1v) is 6.21. The van der Waals surface area contributed by atoms with Gasteiger partial charge in [0.2, 0.25) is 0 Å². The summed E-state index contributed by atoms with van der Waals surface area (Å²) >= 11 is 2.94. The van der Waals surface area contributed by atoms with Gasteiger partial charge in [-0.15, -0.1) is 23.1 Å². The van der Waals surface area contributed by atoms with Gasteiger partial charge in [-0.1, -0.05) is 0 Å². The summed E-state index contributed by atoms with van der Waals surface area (Å²) in [5, 5.41) is 11.9. The van der Waals surface area contributed by atoms with Gasteiger partial charge >= 0.3 is 0 Å². The maximum Gasteiger partial charge on any atom is 0.137 e. The molecule has 1 heterocycles. The minimum atomic E-state index is -0.243. The Kier molecular flexibility index (Phi) is 2.76. The van der Waals surface area contributed by atoms with Crippen LogP contribution in [-0.4, -0.2) is 11.4 Å². The molecule has 0 saturated carbocycles. The van der Waals surface area contributed by atoms with E-state index in [1.165, 1.54) is 29.2 Å². The summed E-state index contributed by atoms with van der Waals surface area (Å²) in [5.41, 5.74) is 0.672. The first-order valence-electron chi connectivity index (χ1n) is 4.11. The SMILES string of the molecule is CSc1c(F)cc(CO)c2sccc12. The topological polar surface area (TPSA) is 20.2 Å². The average molecular weight is 228 g/mol. The van der Waals surface area contributed by atoms with Crippen LogP contribution < -0.4 is 0 Å². The molecule has 1 aromatic carbocycles. The molecule has 1 aromatic heterocycles. The van der Waals surface area contributed by atoms with Crippen LogP contribution in [0.25, 0.3) is 10.1 Å². The molecule has 0 amide bonds. The molecule has 1 nitrogen and oxygen atoms in total. The molecular weight excluding hydrogens is 219 g/mol. The Labute approximate surface area is 89.6 Å². The predicted octanol–water partition coefficient (Wildman–Crippen LogP) is 3.25. The highest BCUT2D eigenvalue weighted by Crippen LogP contribution is 2.34. The van der Waals surface area contributed by atoms with Gasteiger partial charge in [0, 0.05) is 10.1 Å². The number of aliphatic hydroxyl groups is 1. The van der Waals surface area contributed by atoms with Crippen molar-refractivity contribution < 1.29 is 9.50 Å². The fourth-order valence-corrected chi connectivity index (χ4v) is 3.10. The van der Waals surface area contributed by atoms with Crippen molar-refractivity contribution in [2.24, 2.45) is 0 Å². The van der Waals surface area contributed by atoms with Crippen molar-refractivity contribution in [2.75, 3.05) is 6.26 Å². The number of thiophene rings is 1. The van der Waals surface area contributed by atoms with Crippen LogP contribution in [0.5, 0.6) is 0 Å². The highest BCUT2D eigenvalue weighted by atomic mass is 32.2. The van der Waals surface area contributed by atoms with Gasteiger partial charge in [0.15, 0.2) is 0 Å². The van der Waals surface area contributed by atoms with Crippen LogP contribution in [0.3, 0.4) is 0 Å². The molecule has 0 aliphatic carbocycles. The van der Waals surface area contributed by atoms with E-state index >= 15 is 0 Å². The van der Waals surface area contributed by atoms with Gasteiger partial charge in [0.25, 0.3) is 0 Å². The van der Waals surface area contributed by atoms with Crippen LogP contribution in [0.1, 0.15) is 5.56 Å². The zero-order chi connectivity index (χ0) is 10.1. The fraction of sp³-hybridized carbons (Fsp3) is 0.200. The number of thioether (sulfide) groups is 1. The third kappa shape index (κ3) is 1.43. The Hall–Kier alpha value is -0.580. The summed E-state index contributed by atoms with van der Waals surface area (Å²) < 4.78 is 14.5. The van der Waals surface area contributed by atoms with E-state index in [0.29, 0.717) is 10.5 Å². The third-order valence-corrected chi connectivity index (χ3v) is 3.91. The molecule has 2 rings (SSSR count). The van der Waals surface area contributed by atoms with Gasteiger partial charge < -0.3 is 5.11 Å². The van der Waals surface area contributed by atoms with Crippen molar-refractivity contribution in [3.63, 3.8) is 0 Å². The summed E-state index contributed by atoms with van der Waals surface area (Å²) in [7, 11) is 0. The quantitative estimate of drug-likeness (QED) is 0.796. The highest BCUT2D eigenvalue weighted by Gasteiger charge is 2.11. The van der Waals surface area contributed by atoms with Crippen molar-refractivity contribution in [1.29, 1.82) is 0 Å². The van der Waals surface area contributed by atoms with Gasteiger partial charge in [-0.2, -0.15) is 0 Å². The monoisotopic (exact) mass is 228 g/mol. The van der Waals surface area contributed by atoms with E-state index < -0.39 is 0 Å². The minimum Gasteiger partial charge on any atom is -0.392 e. The summed E-state index contributed by atoms with van der Waals surface area (Å²) in [5.74, 6) is -0.243. The molecule has 14 heavy (non-hydrogen) atoms. The lowest BCUT2D eigenvalue weighted by Gasteiger charge is -2.05. The number of benzene rings is 1. The molecule has 0 aliphatic heterocycles. The lowest BCUT2D eigenvalue weighted by molar-refractivity contribution is 0.283. The smallest absolute Gasteiger partial charge is 0.137 e. The normalized spacial score (nSPS) is 11.1. The Bertz CT molecular complexity index is 464. The lowest BCUT2D eigenvalue weighted by Crippen LogP contribution is -1.88. The van der Waals surface area contributed by atoms with Crippen LogP contribution in [0, 0.1) is 5.82 Å². The first kappa shape index (κ1) is 9.96. The fourth-order valence-electron chi connectivity index (χ4n) is 1.47. The molecule has 0 bridgehead atoms. The van der Waals surface area contributed by atoms with E-state index in [2.05, 4.69) is 0 Å². The van der Waals surface area contributed by atoms with E-state index in [-0.39, 0.29) is 12.4 Å². The van der Waals surface area contributed by atoms with E-state index in [4.69, 9.17) is 5.11 Å². The molecule has 0 saturated heterocycles. The zero-order valence-electron chi connectivity index (χ0n) is 7.58. The van der Waals surface area contributed by atoms with Crippen LogP contribution >= 0.6 is 23.1 Å². The molecule has 1 N–H and O–H groups in total. The van der Waals surface area contributed by atoms with E-state index in [1.54, 1.807) is 0 Å². The Balaban J connectivity index is 2.81. The Morgan fingerprint density at radius 2 is 2.36 bits per heavy atom. The Morgan fingerprint density at radius 3 is 3.00 bits per heavy atom. The molecule has 2 aromatic rings. The van der Waals surface area contributed by atoms with Gasteiger partial charge in [-0.3, -0.25) is 0 Å². The van der Waals surface area contributed by atoms with Crippen LogP contribution in [0.15, 0.2) is 22.4 Å². The molecule has 0 radical (unpaired) electrons.